The lowest BCUT2D eigenvalue weighted by Crippen LogP contribution is -2.39. The van der Waals surface area contributed by atoms with Gasteiger partial charge in [0.05, 0.1) is 0 Å². The minimum atomic E-state index is 0.222. The number of ether oxygens (including phenoxy) is 1. The third kappa shape index (κ3) is 3.16. The van der Waals surface area contributed by atoms with Gasteiger partial charge in [0, 0.05) is 18.7 Å². The maximum atomic E-state index is 9.47. The molecular weight excluding hydrogens is 226 g/mol. The molecule has 0 unspecified atom stereocenters. The largest absolute Gasteiger partial charge is 0.508 e. The molecule has 1 aromatic carbocycles. The van der Waals surface area contributed by atoms with Gasteiger partial charge in [-0.05, 0) is 37.3 Å². The Hall–Kier alpha value is -1.22. The summed E-state index contributed by atoms with van der Waals surface area (Å²) in [6, 6.07) is 5.98. The topological polar surface area (TPSA) is 41.5 Å². The number of hydrogen-bond acceptors (Lipinski definition) is 3. The third-order valence-electron chi connectivity index (χ3n) is 3.70. The van der Waals surface area contributed by atoms with E-state index < -0.39 is 0 Å². The smallest absolute Gasteiger partial charge is 0.126 e. The predicted octanol–water partition coefficient (Wildman–Crippen LogP) is 2.86. The Morgan fingerprint density at radius 2 is 2.17 bits per heavy atom. The van der Waals surface area contributed by atoms with Crippen molar-refractivity contribution in [2.24, 2.45) is 0 Å². The van der Waals surface area contributed by atoms with E-state index in [1.807, 2.05) is 6.07 Å². The Bertz CT molecular complexity index is 388. The third-order valence-corrected chi connectivity index (χ3v) is 3.70. The van der Waals surface area contributed by atoms with Crippen LogP contribution in [0.5, 0.6) is 11.5 Å². The fourth-order valence-corrected chi connectivity index (χ4v) is 2.43. The molecule has 0 spiro atoms. The molecule has 0 aromatic heterocycles. The van der Waals surface area contributed by atoms with E-state index >= 15 is 0 Å². The van der Waals surface area contributed by atoms with Crippen molar-refractivity contribution in [1.82, 2.24) is 5.32 Å². The highest BCUT2D eigenvalue weighted by molar-refractivity contribution is 5.41. The zero-order valence-electron chi connectivity index (χ0n) is 11.3. The van der Waals surface area contributed by atoms with Gasteiger partial charge in [-0.15, -0.1) is 0 Å². The predicted molar refractivity (Wildman–Crippen MR) is 73.2 cm³/mol. The first-order chi connectivity index (χ1) is 8.72. The lowest BCUT2D eigenvalue weighted by atomic mass is 10.0. The summed E-state index contributed by atoms with van der Waals surface area (Å²) in [5.74, 6) is 1.12. The molecule has 0 radical (unpaired) electrons. The highest BCUT2D eigenvalue weighted by atomic mass is 16.5. The summed E-state index contributed by atoms with van der Waals surface area (Å²) in [4.78, 5) is 0. The number of aryl methyl sites for hydroxylation is 1. The van der Waals surface area contributed by atoms with Crippen molar-refractivity contribution in [3.8, 4) is 11.5 Å². The maximum absolute atomic E-state index is 9.47. The SMILES string of the molecule is CCC(CC)NC[C@H]1CCc2ccc(O)cc2O1. The van der Waals surface area contributed by atoms with Crippen molar-refractivity contribution in [2.45, 2.75) is 51.7 Å². The maximum Gasteiger partial charge on any atom is 0.126 e. The van der Waals surface area contributed by atoms with E-state index in [1.54, 1.807) is 12.1 Å². The first-order valence-corrected chi connectivity index (χ1v) is 6.94. The number of nitrogens with one attached hydrogen (secondary N) is 1. The molecule has 1 aromatic rings. The van der Waals surface area contributed by atoms with E-state index in [4.69, 9.17) is 4.74 Å². The van der Waals surface area contributed by atoms with Gasteiger partial charge >= 0.3 is 0 Å². The molecule has 1 aliphatic heterocycles. The summed E-state index contributed by atoms with van der Waals surface area (Å²) in [7, 11) is 0. The molecule has 1 heterocycles. The number of hydrogen-bond donors (Lipinski definition) is 2. The molecule has 0 bridgehead atoms. The van der Waals surface area contributed by atoms with E-state index in [9.17, 15) is 5.11 Å². The average Bonchev–Trinajstić information content (AvgIpc) is 2.39. The van der Waals surface area contributed by atoms with Crippen LogP contribution in [0.3, 0.4) is 0 Å². The van der Waals surface area contributed by atoms with Crippen LogP contribution in [0.25, 0.3) is 0 Å². The van der Waals surface area contributed by atoms with E-state index in [-0.39, 0.29) is 11.9 Å². The van der Waals surface area contributed by atoms with Crippen LogP contribution in [-0.4, -0.2) is 23.8 Å². The molecule has 0 aliphatic carbocycles. The Balaban J connectivity index is 1.91. The van der Waals surface area contributed by atoms with Gasteiger partial charge in [-0.2, -0.15) is 0 Å². The summed E-state index contributed by atoms with van der Waals surface area (Å²) >= 11 is 0. The zero-order chi connectivity index (χ0) is 13.0. The van der Waals surface area contributed by atoms with Gasteiger partial charge in [-0.25, -0.2) is 0 Å². The fraction of sp³-hybridized carbons (Fsp3) is 0.600. The van der Waals surface area contributed by atoms with Gasteiger partial charge in [-0.1, -0.05) is 19.9 Å². The van der Waals surface area contributed by atoms with Crippen LogP contribution in [-0.2, 0) is 6.42 Å². The normalized spacial score (nSPS) is 18.5. The second-order valence-corrected chi connectivity index (χ2v) is 4.99. The van der Waals surface area contributed by atoms with Crippen molar-refractivity contribution < 1.29 is 9.84 Å². The summed E-state index contributed by atoms with van der Waals surface area (Å²) in [6.45, 7) is 5.30. The summed E-state index contributed by atoms with van der Waals surface area (Å²) < 4.78 is 5.93. The fourth-order valence-electron chi connectivity index (χ4n) is 2.43. The van der Waals surface area contributed by atoms with Crippen molar-refractivity contribution in [3.05, 3.63) is 23.8 Å². The molecule has 0 saturated carbocycles. The highest BCUT2D eigenvalue weighted by Crippen LogP contribution is 2.30. The lowest BCUT2D eigenvalue weighted by Gasteiger charge is -2.28. The van der Waals surface area contributed by atoms with Crippen LogP contribution < -0.4 is 10.1 Å². The molecule has 0 amide bonds. The van der Waals surface area contributed by atoms with Crippen LogP contribution in [0.15, 0.2) is 18.2 Å². The van der Waals surface area contributed by atoms with Crippen molar-refractivity contribution in [3.63, 3.8) is 0 Å². The molecule has 100 valence electrons. The summed E-state index contributed by atoms with van der Waals surface area (Å²) in [5.41, 5.74) is 1.20. The van der Waals surface area contributed by atoms with Crippen molar-refractivity contribution in [2.75, 3.05) is 6.54 Å². The number of phenols is 1. The zero-order valence-corrected chi connectivity index (χ0v) is 11.3. The minimum absolute atomic E-state index is 0.222. The first kappa shape index (κ1) is 13.2. The molecule has 1 atom stereocenters. The molecule has 3 heteroatoms. The van der Waals surface area contributed by atoms with Crippen molar-refractivity contribution in [1.29, 1.82) is 0 Å². The Labute approximate surface area is 109 Å². The number of aromatic hydroxyl groups is 1. The van der Waals surface area contributed by atoms with Gasteiger partial charge in [0.15, 0.2) is 0 Å². The average molecular weight is 249 g/mol. The van der Waals surface area contributed by atoms with E-state index in [0.717, 1.165) is 38.0 Å². The van der Waals surface area contributed by atoms with Crippen LogP contribution >= 0.6 is 0 Å². The van der Waals surface area contributed by atoms with Gasteiger partial charge in [0.2, 0.25) is 0 Å². The molecule has 2 N–H and O–H groups in total. The monoisotopic (exact) mass is 249 g/mol. The molecule has 1 aliphatic rings. The second-order valence-electron chi connectivity index (χ2n) is 4.99. The first-order valence-electron chi connectivity index (χ1n) is 6.94. The Morgan fingerprint density at radius 3 is 2.89 bits per heavy atom. The number of phenolic OH excluding ortho intramolecular Hbond substituents is 1. The lowest BCUT2D eigenvalue weighted by molar-refractivity contribution is 0.165. The Morgan fingerprint density at radius 1 is 1.39 bits per heavy atom. The van der Waals surface area contributed by atoms with Gasteiger partial charge < -0.3 is 15.2 Å². The van der Waals surface area contributed by atoms with Gasteiger partial charge in [-0.3, -0.25) is 0 Å². The molecule has 2 rings (SSSR count). The van der Waals surface area contributed by atoms with Gasteiger partial charge in [0.1, 0.15) is 17.6 Å². The Kier molecular flexibility index (Phi) is 4.48. The minimum Gasteiger partial charge on any atom is -0.508 e. The summed E-state index contributed by atoms with van der Waals surface area (Å²) in [6.07, 6.45) is 4.61. The number of rotatable bonds is 5. The van der Waals surface area contributed by atoms with Crippen LogP contribution in [0.4, 0.5) is 0 Å². The van der Waals surface area contributed by atoms with Gasteiger partial charge in [0.25, 0.3) is 0 Å². The van der Waals surface area contributed by atoms with Crippen LogP contribution in [0.2, 0.25) is 0 Å². The molecule has 0 saturated heterocycles. The van der Waals surface area contributed by atoms with E-state index in [0.29, 0.717) is 6.04 Å². The standard InChI is InChI=1S/C15H23NO2/c1-3-12(4-2)16-10-14-8-6-11-5-7-13(17)9-15(11)18-14/h5,7,9,12,14,16-17H,3-4,6,8,10H2,1-2H3/t14-/m1/s1. The molecule has 3 nitrogen and oxygen atoms in total. The highest BCUT2D eigenvalue weighted by Gasteiger charge is 2.20. The van der Waals surface area contributed by atoms with E-state index in [2.05, 4.69) is 19.2 Å². The van der Waals surface area contributed by atoms with Crippen molar-refractivity contribution >= 4 is 0 Å². The molecular formula is C15H23NO2. The molecule has 0 fully saturated rings. The quantitative estimate of drug-likeness (QED) is 0.843. The van der Waals surface area contributed by atoms with Crippen LogP contribution in [0.1, 0.15) is 38.7 Å². The summed E-state index contributed by atoms with van der Waals surface area (Å²) in [5, 5.41) is 13.0. The number of benzene rings is 1. The van der Waals surface area contributed by atoms with E-state index in [1.165, 1.54) is 5.56 Å². The molecule has 18 heavy (non-hydrogen) atoms. The van der Waals surface area contributed by atoms with Crippen LogP contribution in [0, 0.1) is 0 Å². The number of fused-ring (bicyclic) bond motifs is 1. The second kappa shape index (κ2) is 6.10.